The molecule has 0 bridgehead atoms. The van der Waals surface area contributed by atoms with Gasteiger partial charge >= 0.3 is 0 Å². The van der Waals surface area contributed by atoms with Gasteiger partial charge in [0.25, 0.3) is 5.91 Å². The zero-order valence-electron chi connectivity index (χ0n) is 12.4. The predicted molar refractivity (Wildman–Crippen MR) is 77.4 cm³/mol. The Hall–Kier alpha value is -1.36. The molecule has 3 rings (SSSR count). The fourth-order valence-corrected chi connectivity index (χ4v) is 3.51. The minimum atomic E-state index is 0.0293. The van der Waals surface area contributed by atoms with Crippen LogP contribution in [-0.4, -0.2) is 28.3 Å². The van der Waals surface area contributed by atoms with E-state index in [2.05, 4.69) is 24.3 Å². The maximum atomic E-state index is 12.5. The molecule has 0 aromatic carbocycles. The summed E-state index contributed by atoms with van der Waals surface area (Å²) in [5.74, 6) is 0.538. The van der Waals surface area contributed by atoms with Crippen molar-refractivity contribution in [3.8, 4) is 0 Å². The fraction of sp³-hybridized carbons (Fsp3) is 0.733. The van der Waals surface area contributed by atoms with Gasteiger partial charge in [0.05, 0.1) is 17.5 Å². The van der Waals surface area contributed by atoms with Gasteiger partial charge in [-0.1, -0.05) is 13.8 Å². The van der Waals surface area contributed by atoms with Crippen molar-refractivity contribution in [3.05, 3.63) is 17.5 Å². The highest BCUT2D eigenvalue weighted by Crippen LogP contribution is 2.45. The van der Waals surface area contributed by atoms with Crippen LogP contribution in [0.3, 0.4) is 0 Å². The number of nitrogens with one attached hydrogen (secondary N) is 1. The largest absolute Gasteiger partial charge is 0.349 e. The first-order chi connectivity index (χ1) is 9.54. The first-order valence-corrected chi connectivity index (χ1v) is 7.59. The van der Waals surface area contributed by atoms with Crippen LogP contribution < -0.4 is 11.1 Å². The molecule has 1 fully saturated rings. The van der Waals surface area contributed by atoms with Crippen LogP contribution in [0.4, 0.5) is 0 Å². The zero-order valence-corrected chi connectivity index (χ0v) is 12.4. The Morgan fingerprint density at radius 2 is 2.35 bits per heavy atom. The molecular weight excluding hydrogens is 252 g/mol. The third kappa shape index (κ3) is 2.04. The van der Waals surface area contributed by atoms with Crippen molar-refractivity contribution in [2.75, 3.05) is 6.54 Å². The van der Waals surface area contributed by atoms with Gasteiger partial charge in [0.15, 0.2) is 0 Å². The summed E-state index contributed by atoms with van der Waals surface area (Å²) in [6.45, 7) is 6.01. The average molecular weight is 276 g/mol. The van der Waals surface area contributed by atoms with Crippen LogP contribution in [-0.2, 0) is 13.0 Å². The lowest BCUT2D eigenvalue weighted by Crippen LogP contribution is -2.60. The van der Waals surface area contributed by atoms with Gasteiger partial charge in [0.1, 0.15) is 0 Å². The van der Waals surface area contributed by atoms with Crippen molar-refractivity contribution in [1.29, 1.82) is 0 Å². The third-order valence-corrected chi connectivity index (χ3v) is 5.29. The Balaban J connectivity index is 1.70. The molecule has 0 saturated heterocycles. The number of rotatable bonds is 3. The van der Waals surface area contributed by atoms with Crippen LogP contribution in [0.1, 0.15) is 49.2 Å². The first kappa shape index (κ1) is 13.6. The molecule has 2 aliphatic rings. The highest BCUT2D eigenvalue weighted by Gasteiger charge is 2.48. The van der Waals surface area contributed by atoms with Crippen molar-refractivity contribution < 1.29 is 4.79 Å². The fourth-order valence-electron chi connectivity index (χ4n) is 3.51. The summed E-state index contributed by atoms with van der Waals surface area (Å²) in [7, 11) is 0. The lowest BCUT2D eigenvalue weighted by molar-refractivity contribution is 0.0199. The molecule has 1 aromatic heterocycles. The second kappa shape index (κ2) is 4.88. The quantitative estimate of drug-likeness (QED) is 0.874. The van der Waals surface area contributed by atoms with Crippen LogP contribution in [0.25, 0.3) is 0 Å². The smallest absolute Gasteiger partial charge is 0.254 e. The highest BCUT2D eigenvalue weighted by molar-refractivity contribution is 5.95. The van der Waals surface area contributed by atoms with Gasteiger partial charge in [0.2, 0.25) is 0 Å². The molecule has 1 amide bonds. The van der Waals surface area contributed by atoms with E-state index in [0.717, 1.165) is 43.5 Å². The second-order valence-electron chi connectivity index (χ2n) is 6.70. The Labute approximate surface area is 119 Å². The standard InChI is InChI=1S/C15H24N4O/c1-15(2)10(8-16)7-13(15)18-14(20)11-9-17-19-6-4-3-5-12(11)19/h9-10,13H,3-8,16H2,1-2H3,(H,18,20). The number of nitrogens with zero attached hydrogens (tertiary/aromatic N) is 2. The van der Waals surface area contributed by atoms with Crippen LogP contribution in [0.5, 0.6) is 0 Å². The average Bonchev–Trinajstić information content (AvgIpc) is 2.86. The van der Waals surface area contributed by atoms with Crippen molar-refractivity contribution in [3.63, 3.8) is 0 Å². The molecular formula is C15H24N4O. The van der Waals surface area contributed by atoms with E-state index in [1.807, 2.05) is 4.68 Å². The molecule has 3 N–H and O–H groups in total. The molecule has 1 saturated carbocycles. The van der Waals surface area contributed by atoms with Gasteiger partial charge < -0.3 is 11.1 Å². The normalized spacial score (nSPS) is 27.6. The molecule has 2 heterocycles. The zero-order chi connectivity index (χ0) is 14.3. The first-order valence-electron chi connectivity index (χ1n) is 7.59. The number of aromatic nitrogens is 2. The van der Waals surface area contributed by atoms with Crippen LogP contribution >= 0.6 is 0 Å². The van der Waals surface area contributed by atoms with E-state index in [-0.39, 0.29) is 17.4 Å². The van der Waals surface area contributed by atoms with Gasteiger partial charge in [-0.25, -0.2) is 0 Å². The number of fused-ring (bicyclic) bond motifs is 1. The van der Waals surface area contributed by atoms with Crippen molar-refractivity contribution in [2.45, 2.75) is 52.1 Å². The summed E-state index contributed by atoms with van der Waals surface area (Å²) in [6.07, 6.45) is 5.97. The number of hydrogen-bond acceptors (Lipinski definition) is 3. The van der Waals surface area contributed by atoms with E-state index < -0.39 is 0 Å². The molecule has 1 aromatic rings. The number of carbonyl (C=O) groups is 1. The molecule has 0 radical (unpaired) electrons. The summed E-state index contributed by atoms with van der Waals surface area (Å²) in [5.41, 5.74) is 7.72. The molecule has 110 valence electrons. The molecule has 1 aliphatic heterocycles. The Kier molecular flexibility index (Phi) is 3.32. The minimum absolute atomic E-state index is 0.0293. The summed E-state index contributed by atoms with van der Waals surface area (Å²) in [4.78, 5) is 12.5. The Morgan fingerprint density at radius 3 is 3.05 bits per heavy atom. The molecule has 2 atom stereocenters. The molecule has 0 spiro atoms. The van der Waals surface area contributed by atoms with E-state index in [1.54, 1.807) is 6.20 Å². The van der Waals surface area contributed by atoms with E-state index in [9.17, 15) is 4.79 Å². The highest BCUT2D eigenvalue weighted by atomic mass is 16.1. The van der Waals surface area contributed by atoms with E-state index in [0.29, 0.717) is 12.5 Å². The molecule has 5 heteroatoms. The molecule has 2 unspecified atom stereocenters. The maximum absolute atomic E-state index is 12.5. The lowest BCUT2D eigenvalue weighted by atomic mass is 9.58. The van der Waals surface area contributed by atoms with Gasteiger partial charge in [-0.05, 0) is 43.6 Å². The SMILES string of the molecule is CC1(C)C(CN)CC1NC(=O)c1cnn2c1CCCC2. The summed E-state index contributed by atoms with van der Waals surface area (Å²) in [5, 5.41) is 7.51. The topological polar surface area (TPSA) is 72.9 Å². The molecule has 1 aliphatic carbocycles. The van der Waals surface area contributed by atoms with E-state index in [4.69, 9.17) is 5.73 Å². The maximum Gasteiger partial charge on any atom is 0.254 e. The Bertz CT molecular complexity index is 520. The monoisotopic (exact) mass is 276 g/mol. The number of aryl methyl sites for hydroxylation is 1. The molecule has 20 heavy (non-hydrogen) atoms. The molecule has 5 nitrogen and oxygen atoms in total. The predicted octanol–water partition coefficient (Wildman–Crippen LogP) is 1.32. The van der Waals surface area contributed by atoms with E-state index in [1.165, 1.54) is 0 Å². The third-order valence-electron chi connectivity index (χ3n) is 5.29. The number of hydrogen-bond donors (Lipinski definition) is 2. The van der Waals surface area contributed by atoms with E-state index >= 15 is 0 Å². The van der Waals surface area contributed by atoms with Gasteiger partial charge in [0, 0.05) is 12.6 Å². The second-order valence-corrected chi connectivity index (χ2v) is 6.70. The lowest BCUT2D eigenvalue weighted by Gasteiger charge is -2.52. The van der Waals surface area contributed by atoms with Crippen molar-refractivity contribution >= 4 is 5.91 Å². The number of amides is 1. The summed E-state index contributed by atoms with van der Waals surface area (Å²) in [6, 6.07) is 0.225. The van der Waals surface area contributed by atoms with Crippen molar-refractivity contribution in [1.82, 2.24) is 15.1 Å². The number of carbonyl (C=O) groups excluding carboxylic acids is 1. The summed E-state index contributed by atoms with van der Waals surface area (Å²) >= 11 is 0. The Morgan fingerprint density at radius 1 is 1.55 bits per heavy atom. The van der Waals surface area contributed by atoms with Crippen molar-refractivity contribution in [2.24, 2.45) is 17.1 Å². The van der Waals surface area contributed by atoms with Gasteiger partial charge in [-0.15, -0.1) is 0 Å². The van der Waals surface area contributed by atoms with Gasteiger partial charge in [-0.3, -0.25) is 9.48 Å². The summed E-state index contributed by atoms with van der Waals surface area (Å²) < 4.78 is 1.98. The van der Waals surface area contributed by atoms with Crippen LogP contribution in [0, 0.1) is 11.3 Å². The van der Waals surface area contributed by atoms with Gasteiger partial charge in [-0.2, -0.15) is 5.10 Å². The number of nitrogens with two attached hydrogens (primary N) is 1. The van der Waals surface area contributed by atoms with Crippen LogP contribution in [0.2, 0.25) is 0 Å². The minimum Gasteiger partial charge on any atom is -0.349 e. The van der Waals surface area contributed by atoms with Crippen LogP contribution in [0.15, 0.2) is 6.20 Å².